The highest BCUT2D eigenvalue weighted by molar-refractivity contribution is 9.10. The van der Waals surface area contributed by atoms with Crippen LogP contribution in [0.5, 0.6) is 0 Å². The van der Waals surface area contributed by atoms with Crippen molar-refractivity contribution in [2.24, 2.45) is 0 Å². The molecule has 3 aliphatic heterocycles. The fraction of sp³-hybridized carbons (Fsp3) is 0.700. The van der Waals surface area contributed by atoms with Gasteiger partial charge in [0.15, 0.2) is 0 Å². The van der Waals surface area contributed by atoms with Crippen molar-refractivity contribution in [3.8, 4) is 22.3 Å². The van der Waals surface area contributed by atoms with Gasteiger partial charge < -0.3 is 32.6 Å². The van der Waals surface area contributed by atoms with Crippen LogP contribution in [0.3, 0.4) is 0 Å². The zero-order valence-corrected chi connectivity index (χ0v) is 63.8. The summed E-state index contributed by atoms with van der Waals surface area (Å²) in [6, 6.07) is 28.1. The summed E-state index contributed by atoms with van der Waals surface area (Å²) in [7, 11) is -1.25. The molecule has 0 bridgehead atoms. The number of benzene rings is 4. The van der Waals surface area contributed by atoms with Crippen LogP contribution in [0.1, 0.15) is 334 Å². The summed E-state index contributed by atoms with van der Waals surface area (Å²) < 4.78 is 45.5. The van der Waals surface area contributed by atoms with E-state index in [-0.39, 0.29) is 72.2 Å². The van der Waals surface area contributed by atoms with Crippen molar-refractivity contribution in [2.75, 3.05) is 0 Å². The van der Waals surface area contributed by atoms with E-state index in [1.54, 1.807) is 11.1 Å². The molecule has 4 aromatic rings. The zero-order valence-electron chi connectivity index (χ0n) is 60.7. The number of rotatable bonds is 32. The Kier molecular flexibility index (Phi) is 29.5. The quantitative estimate of drug-likeness (QED) is 0.0357. The third kappa shape index (κ3) is 18.9. The molecule has 0 radical (unpaired) electrons. The Morgan fingerprint density at radius 3 is 0.848 bits per heavy atom. The first kappa shape index (κ1) is 78.7. The van der Waals surface area contributed by atoms with Gasteiger partial charge >= 0.3 is 21.6 Å². The first-order chi connectivity index (χ1) is 43.0. The Morgan fingerprint density at radius 1 is 0.337 bits per heavy atom. The van der Waals surface area contributed by atoms with Crippen LogP contribution >= 0.6 is 31.9 Å². The Hall–Kier alpha value is -2.25. The predicted octanol–water partition coefficient (Wildman–Crippen LogP) is 23.7. The molecule has 0 N–H and O–H groups in total. The molecule has 9 rings (SSSR count). The number of hydrogen-bond acceptors (Lipinski definition) is 7. The highest BCUT2D eigenvalue weighted by atomic mass is 79.9. The van der Waals surface area contributed by atoms with Crippen LogP contribution in [0.2, 0.25) is 0 Å². The van der Waals surface area contributed by atoms with E-state index in [1.807, 2.05) is 41.5 Å². The number of halogens is 2. The van der Waals surface area contributed by atoms with Gasteiger partial charge in [-0.1, -0.05) is 270 Å². The summed E-state index contributed by atoms with van der Waals surface area (Å²) in [5.74, 6) is 0. The van der Waals surface area contributed by atoms with Crippen LogP contribution in [-0.2, 0) is 43.4 Å². The molecule has 0 saturated carbocycles. The molecule has 2 aliphatic carbocycles. The van der Waals surface area contributed by atoms with Crippen molar-refractivity contribution in [3.05, 3.63) is 104 Å². The average molecular weight is 1390 g/mol. The number of fused-ring (bicyclic) bond motifs is 6. The van der Waals surface area contributed by atoms with Gasteiger partial charge in [-0.25, -0.2) is 0 Å². The van der Waals surface area contributed by atoms with E-state index in [9.17, 15) is 0 Å². The van der Waals surface area contributed by atoms with Gasteiger partial charge in [-0.3, -0.25) is 0 Å². The van der Waals surface area contributed by atoms with E-state index in [4.69, 9.17) is 32.6 Å². The third-order valence-electron chi connectivity index (χ3n) is 22.2. The fourth-order valence-corrected chi connectivity index (χ4v) is 15.2. The van der Waals surface area contributed by atoms with Crippen molar-refractivity contribution in [1.82, 2.24) is 0 Å². The number of unbranched alkanes of at least 4 members (excludes halogenated alkanes) is 20. The minimum Gasteiger partial charge on any atom is -0.399 e. The minimum absolute atomic E-state index is 0. The van der Waals surface area contributed by atoms with Crippen molar-refractivity contribution in [1.29, 1.82) is 0 Å². The summed E-state index contributed by atoms with van der Waals surface area (Å²) in [4.78, 5) is 0. The van der Waals surface area contributed by atoms with Gasteiger partial charge in [0.25, 0.3) is 0 Å². The molecule has 5 aliphatic rings. The zero-order chi connectivity index (χ0) is 66.5. The van der Waals surface area contributed by atoms with Gasteiger partial charge in [0.05, 0.1) is 33.6 Å². The van der Waals surface area contributed by atoms with Gasteiger partial charge in [-0.2, -0.15) is 0 Å². The molecule has 3 heterocycles. The first-order valence-electron chi connectivity index (χ1n) is 36.7. The van der Waals surface area contributed by atoms with E-state index in [1.165, 1.54) is 209 Å². The van der Waals surface area contributed by atoms with E-state index in [2.05, 4.69) is 188 Å². The molecule has 0 aromatic heterocycles. The highest BCUT2D eigenvalue weighted by Crippen LogP contribution is 2.57. The van der Waals surface area contributed by atoms with Crippen LogP contribution in [0.25, 0.3) is 22.3 Å². The van der Waals surface area contributed by atoms with Crippen molar-refractivity contribution in [2.45, 2.75) is 362 Å². The molecule has 512 valence electrons. The molecule has 92 heavy (non-hydrogen) atoms. The molecule has 3 saturated heterocycles. The molecule has 4 aromatic carbocycles. The maximum absolute atomic E-state index is 6.60. The summed E-state index contributed by atoms with van der Waals surface area (Å²) in [6.45, 7) is 38.4. The number of hydrogen-bond donors (Lipinski definition) is 0. The van der Waals surface area contributed by atoms with Gasteiger partial charge in [-0.15, -0.1) is 0 Å². The van der Waals surface area contributed by atoms with Gasteiger partial charge in [0.1, 0.15) is 0 Å². The Morgan fingerprint density at radius 2 is 0.576 bits per heavy atom. The second-order valence-electron chi connectivity index (χ2n) is 31.1. The summed E-state index contributed by atoms with van der Waals surface area (Å²) in [5, 5.41) is 0. The topological polar surface area (TPSA) is 64.6 Å². The summed E-state index contributed by atoms with van der Waals surface area (Å²) in [5.41, 5.74) is 12.0. The Bertz CT molecular complexity index is 2690. The first-order valence-corrected chi connectivity index (χ1v) is 38.3. The molecular formula is C80H127B3Br2O7. The smallest absolute Gasteiger partial charge is 0.399 e. The van der Waals surface area contributed by atoms with Gasteiger partial charge in [0, 0.05) is 25.9 Å². The normalized spacial score (nSPS) is 19.2. The van der Waals surface area contributed by atoms with Crippen molar-refractivity contribution in [3.63, 3.8) is 0 Å². The van der Waals surface area contributed by atoms with E-state index in [0.29, 0.717) is 0 Å². The predicted molar refractivity (Wildman–Crippen MR) is 403 cm³/mol. The Labute approximate surface area is 581 Å². The van der Waals surface area contributed by atoms with Crippen LogP contribution in [-0.4, -0.2) is 61.3 Å². The highest BCUT2D eigenvalue weighted by Gasteiger charge is 2.56. The maximum atomic E-state index is 6.60. The minimum atomic E-state index is -0.523. The lowest BCUT2D eigenvalue weighted by Gasteiger charge is -2.33. The molecule has 7 nitrogen and oxygen atoms in total. The van der Waals surface area contributed by atoms with Crippen LogP contribution in [0, 0.1) is 0 Å². The standard InChI is InChI=1S/C41H64B2O4.C29H40Br2.C9H19BO3.CH4/c1-11-13-15-17-19-21-27-41(28-22-20-18-16-14-12-2)35-29-31(42-44-37(3,4)38(5,6)45-42)23-25-33(35)34-26-24-32(30-36(34)41)43-46-39(7,8)40(9,10)47-43;1-3-5-7-9-11-13-19-29(20-14-12-10-8-6-4-2)27-21-23(30)15-17-25(27)26-18-16-24(31)22-28(26)29;1-7(2)11-10-12-8(3,4)9(5,6)13-10;/h23-26,29-30H,11-22,27-28H2,1-10H3;15-18,21-22H,3-14,19-20H2,1-2H3;7H,1-6H3;1H4. The van der Waals surface area contributed by atoms with E-state index < -0.39 is 7.32 Å². The second kappa shape index (κ2) is 34.5. The third-order valence-corrected chi connectivity index (χ3v) is 23.2. The average Bonchev–Trinajstić information content (AvgIpc) is 1.57. The molecule has 0 spiro atoms. The van der Waals surface area contributed by atoms with Crippen LogP contribution in [0.4, 0.5) is 0 Å². The largest absolute Gasteiger partial charge is 0.640 e. The monoisotopic (exact) mass is 1390 g/mol. The molecule has 12 heteroatoms. The summed E-state index contributed by atoms with van der Waals surface area (Å²) in [6.07, 6.45) is 37.0. The molecule has 0 amide bonds. The molecule has 0 unspecified atom stereocenters. The molecular weight excluding hydrogens is 1270 g/mol. The van der Waals surface area contributed by atoms with Crippen LogP contribution in [0.15, 0.2) is 81.7 Å². The lowest BCUT2D eigenvalue weighted by atomic mass is 9.67. The van der Waals surface area contributed by atoms with Crippen LogP contribution < -0.4 is 10.9 Å². The molecule has 3 fully saturated rings. The van der Waals surface area contributed by atoms with E-state index in [0.717, 1.165) is 23.8 Å². The van der Waals surface area contributed by atoms with Crippen molar-refractivity contribution >= 4 is 64.3 Å². The maximum Gasteiger partial charge on any atom is 0.640 e. The fourth-order valence-electron chi connectivity index (χ4n) is 14.4. The van der Waals surface area contributed by atoms with E-state index >= 15 is 0 Å². The lowest BCUT2D eigenvalue weighted by Crippen LogP contribution is -2.41. The lowest BCUT2D eigenvalue weighted by molar-refractivity contribution is 0.00578. The van der Waals surface area contributed by atoms with Gasteiger partial charge in [-0.05, 0) is 202 Å². The second-order valence-corrected chi connectivity index (χ2v) is 33.0. The van der Waals surface area contributed by atoms with Crippen molar-refractivity contribution < 1.29 is 32.6 Å². The molecule has 0 atom stereocenters. The summed E-state index contributed by atoms with van der Waals surface area (Å²) >= 11 is 7.57. The SMILES string of the molecule is C.CC(C)OB1OC(C)(C)C(C)(C)O1.CCCCCCCCC1(CCCCCCCC)c2cc(B3OC(C)(C)C(C)(C)O3)ccc2-c2ccc(B3OC(C)(C)C(C)(C)O3)cc21.CCCCCCCCC1(CCCCCCCC)c2cc(Br)ccc2-c2ccc(Br)cc21. The van der Waals surface area contributed by atoms with Gasteiger partial charge in [0.2, 0.25) is 0 Å². The Balaban J connectivity index is 0.000000255.